The van der Waals surface area contributed by atoms with Gasteiger partial charge in [-0.25, -0.2) is 4.79 Å². The molecule has 3 N–H and O–H groups in total. The number of aromatic nitrogens is 1. The quantitative estimate of drug-likeness (QED) is 0.365. The Labute approximate surface area is 203 Å². The lowest BCUT2D eigenvalue weighted by atomic mass is 10.1. The minimum Gasteiger partial charge on any atom is -0.497 e. The molecule has 3 rings (SSSR count). The fraction of sp³-hybridized carbons (Fsp3) is 0.417. The largest absolute Gasteiger partial charge is 0.497 e. The van der Waals surface area contributed by atoms with Crippen LogP contribution in [0.15, 0.2) is 42.6 Å². The van der Waals surface area contributed by atoms with Gasteiger partial charge in [-0.3, -0.25) is 14.4 Å². The number of likely N-dealkylation sites (tertiary alicyclic amines) is 1. The van der Waals surface area contributed by atoms with Crippen molar-refractivity contribution in [1.82, 2.24) is 20.1 Å². The van der Waals surface area contributed by atoms with Crippen molar-refractivity contribution in [3.63, 3.8) is 0 Å². The van der Waals surface area contributed by atoms with Crippen LogP contribution in [0, 0.1) is 0 Å². The number of hydrogen-bond donors (Lipinski definition) is 3. The van der Waals surface area contributed by atoms with Crippen LogP contribution < -0.4 is 20.7 Å². The number of anilines is 1. The van der Waals surface area contributed by atoms with E-state index in [-0.39, 0.29) is 24.8 Å². The van der Waals surface area contributed by atoms with Crippen molar-refractivity contribution in [2.24, 2.45) is 7.05 Å². The molecule has 1 aliphatic rings. The molecule has 0 bridgehead atoms. The molecule has 1 fully saturated rings. The number of carbonyl (C=O) groups is 4. The van der Waals surface area contributed by atoms with Crippen LogP contribution in [0.3, 0.4) is 0 Å². The van der Waals surface area contributed by atoms with Crippen molar-refractivity contribution in [3.05, 3.63) is 48.3 Å². The maximum atomic E-state index is 13.2. The summed E-state index contributed by atoms with van der Waals surface area (Å²) in [7, 11) is 4.59. The Kier molecular flexibility index (Phi) is 8.71. The summed E-state index contributed by atoms with van der Waals surface area (Å²) in [5.74, 6) is -0.479. The van der Waals surface area contributed by atoms with E-state index in [2.05, 4.69) is 20.7 Å². The van der Waals surface area contributed by atoms with E-state index < -0.39 is 24.0 Å². The number of benzene rings is 1. The van der Waals surface area contributed by atoms with Gasteiger partial charge in [0.05, 0.1) is 20.3 Å². The summed E-state index contributed by atoms with van der Waals surface area (Å²) in [4.78, 5) is 51.9. The van der Waals surface area contributed by atoms with Crippen LogP contribution in [0.1, 0.15) is 29.8 Å². The molecule has 11 heteroatoms. The molecule has 0 saturated carbocycles. The molecule has 35 heavy (non-hydrogen) atoms. The summed E-state index contributed by atoms with van der Waals surface area (Å²) in [6.45, 7) is 0.535. The molecule has 0 aliphatic carbocycles. The van der Waals surface area contributed by atoms with Crippen molar-refractivity contribution in [3.8, 4) is 5.75 Å². The molecule has 2 aromatic rings. The zero-order chi connectivity index (χ0) is 25.4. The third-order valence-electron chi connectivity index (χ3n) is 5.82. The fourth-order valence-electron chi connectivity index (χ4n) is 4.01. The van der Waals surface area contributed by atoms with E-state index in [0.29, 0.717) is 36.5 Å². The lowest BCUT2D eigenvalue weighted by Gasteiger charge is -2.28. The number of rotatable bonds is 9. The molecule has 188 valence electrons. The summed E-state index contributed by atoms with van der Waals surface area (Å²) in [5.41, 5.74) is 0.968. The van der Waals surface area contributed by atoms with Crippen LogP contribution in [-0.2, 0) is 21.4 Å². The summed E-state index contributed by atoms with van der Waals surface area (Å²) in [6, 6.07) is 8.31. The van der Waals surface area contributed by atoms with Crippen LogP contribution in [0.2, 0.25) is 0 Å². The predicted octanol–water partition coefficient (Wildman–Crippen LogP) is 1.51. The second kappa shape index (κ2) is 11.9. The molecule has 4 amide bonds. The summed E-state index contributed by atoms with van der Waals surface area (Å²) in [5, 5.41) is 8.35. The minimum atomic E-state index is -0.911. The molecule has 2 heterocycles. The van der Waals surface area contributed by atoms with Crippen LogP contribution >= 0.6 is 0 Å². The van der Waals surface area contributed by atoms with Gasteiger partial charge in [0.2, 0.25) is 5.91 Å². The van der Waals surface area contributed by atoms with E-state index in [1.54, 1.807) is 54.2 Å². The van der Waals surface area contributed by atoms with Crippen LogP contribution in [0.25, 0.3) is 0 Å². The SMILES string of the molecule is COC(=O)CCCNC(=O)C1C(NC(=O)Nc2cccc(OC)c2)CCN1C(=O)c1cccn1C. The van der Waals surface area contributed by atoms with Crippen molar-refractivity contribution >= 4 is 29.5 Å². The molecule has 2 unspecified atom stereocenters. The van der Waals surface area contributed by atoms with Crippen molar-refractivity contribution < 1.29 is 28.7 Å². The average Bonchev–Trinajstić information content (AvgIpc) is 3.47. The highest BCUT2D eigenvalue weighted by molar-refractivity contribution is 5.98. The lowest BCUT2D eigenvalue weighted by Crippen LogP contribution is -2.55. The van der Waals surface area contributed by atoms with Gasteiger partial charge in [0.25, 0.3) is 5.91 Å². The second-order valence-corrected chi connectivity index (χ2v) is 8.14. The number of nitrogens with zero attached hydrogens (tertiary/aromatic N) is 2. The number of urea groups is 1. The molecule has 1 aromatic heterocycles. The van der Waals surface area contributed by atoms with Gasteiger partial charge < -0.3 is 34.9 Å². The summed E-state index contributed by atoms with van der Waals surface area (Å²) in [6.07, 6.45) is 2.72. The van der Waals surface area contributed by atoms with Gasteiger partial charge in [-0.1, -0.05) is 6.07 Å². The number of carbonyl (C=O) groups excluding carboxylic acids is 4. The standard InChI is InChI=1S/C24H31N5O6/c1-28-13-6-9-19(28)23(32)29-14-11-18(21(29)22(31)25-12-5-10-20(30)35-3)27-24(33)26-16-7-4-8-17(15-16)34-2/h4,6-9,13,15,18,21H,5,10-12,14H2,1-3H3,(H,25,31)(H2,26,27,33). The monoisotopic (exact) mass is 485 g/mol. The van der Waals surface area contributed by atoms with Gasteiger partial charge in [-0.2, -0.15) is 0 Å². The Morgan fingerprint density at radius 1 is 1.11 bits per heavy atom. The number of methoxy groups -OCH3 is 2. The van der Waals surface area contributed by atoms with E-state index in [1.807, 2.05) is 0 Å². The molecule has 1 saturated heterocycles. The fourth-order valence-corrected chi connectivity index (χ4v) is 4.01. The third kappa shape index (κ3) is 6.52. The topological polar surface area (TPSA) is 131 Å². The Hall–Kier alpha value is -4.02. The third-order valence-corrected chi connectivity index (χ3v) is 5.82. The van der Waals surface area contributed by atoms with E-state index in [0.717, 1.165) is 0 Å². The highest BCUT2D eigenvalue weighted by Crippen LogP contribution is 2.22. The van der Waals surface area contributed by atoms with Crippen molar-refractivity contribution in [2.45, 2.75) is 31.3 Å². The van der Waals surface area contributed by atoms with Gasteiger partial charge in [0.15, 0.2) is 0 Å². The highest BCUT2D eigenvalue weighted by atomic mass is 16.5. The molecule has 0 spiro atoms. The molecule has 1 aromatic carbocycles. The zero-order valence-corrected chi connectivity index (χ0v) is 20.1. The molecule has 2 atom stereocenters. The summed E-state index contributed by atoms with van der Waals surface area (Å²) >= 11 is 0. The first-order chi connectivity index (χ1) is 16.8. The molecular weight excluding hydrogens is 454 g/mol. The van der Waals surface area contributed by atoms with Gasteiger partial charge in [0.1, 0.15) is 17.5 Å². The van der Waals surface area contributed by atoms with E-state index >= 15 is 0 Å². The number of ether oxygens (including phenoxy) is 2. The Morgan fingerprint density at radius 2 is 1.91 bits per heavy atom. The maximum absolute atomic E-state index is 13.2. The Bertz CT molecular complexity index is 1070. The number of aryl methyl sites for hydroxylation is 1. The van der Waals surface area contributed by atoms with Crippen LogP contribution in [0.4, 0.5) is 10.5 Å². The van der Waals surface area contributed by atoms with Gasteiger partial charge in [-0.15, -0.1) is 0 Å². The van der Waals surface area contributed by atoms with Crippen molar-refractivity contribution in [1.29, 1.82) is 0 Å². The Morgan fingerprint density at radius 3 is 2.60 bits per heavy atom. The summed E-state index contributed by atoms with van der Waals surface area (Å²) < 4.78 is 11.5. The Balaban J connectivity index is 1.71. The lowest BCUT2D eigenvalue weighted by molar-refractivity contribution is -0.140. The second-order valence-electron chi connectivity index (χ2n) is 8.14. The first kappa shape index (κ1) is 25.6. The smallest absolute Gasteiger partial charge is 0.319 e. The number of amides is 4. The minimum absolute atomic E-state index is 0.165. The van der Waals surface area contributed by atoms with Gasteiger partial charge >= 0.3 is 12.0 Å². The van der Waals surface area contributed by atoms with E-state index in [4.69, 9.17) is 4.74 Å². The van der Waals surface area contributed by atoms with Gasteiger partial charge in [0, 0.05) is 44.5 Å². The maximum Gasteiger partial charge on any atom is 0.319 e. The predicted molar refractivity (Wildman–Crippen MR) is 128 cm³/mol. The number of hydrogen-bond acceptors (Lipinski definition) is 6. The zero-order valence-electron chi connectivity index (χ0n) is 20.1. The van der Waals surface area contributed by atoms with Crippen LogP contribution in [-0.4, -0.2) is 72.7 Å². The van der Waals surface area contributed by atoms with E-state index in [1.165, 1.54) is 19.1 Å². The molecule has 11 nitrogen and oxygen atoms in total. The first-order valence-corrected chi connectivity index (χ1v) is 11.3. The van der Waals surface area contributed by atoms with Crippen molar-refractivity contribution in [2.75, 3.05) is 32.6 Å². The highest BCUT2D eigenvalue weighted by Gasteiger charge is 2.43. The first-order valence-electron chi connectivity index (χ1n) is 11.3. The van der Waals surface area contributed by atoms with Crippen LogP contribution in [0.5, 0.6) is 5.75 Å². The molecule has 0 radical (unpaired) electrons. The number of esters is 1. The van der Waals surface area contributed by atoms with Gasteiger partial charge in [-0.05, 0) is 37.1 Å². The molecular formula is C24H31N5O6. The number of nitrogens with one attached hydrogen (secondary N) is 3. The average molecular weight is 486 g/mol. The van der Waals surface area contributed by atoms with E-state index in [9.17, 15) is 19.2 Å². The normalized spacial score (nSPS) is 16.9. The molecule has 1 aliphatic heterocycles.